The van der Waals surface area contributed by atoms with Gasteiger partial charge in [0, 0.05) is 21.9 Å². The minimum absolute atomic E-state index is 0.0488. The Kier molecular flexibility index (Phi) is 5.44. The monoisotopic (exact) mass is 341 g/mol. The normalized spacial score (nSPS) is 30.4. The van der Waals surface area contributed by atoms with Crippen molar-refractivity contribution in [1.82, 2.24) is 5.32 Å². The summed E-state index contributed by atoms with van der Waals surface area (Å²) in [5.41, 5.74) is -0.519. The van der Waals surface area contributed by atoms with Crippen LogP contribution in [0.15, 0.2) is 11.6 Å². The van der Waals surface area contributed by atoms with Gasteiger partial charge in [-0.25, -0.2) is 0 Å². The molecule has 0 radical (unpaired) electrons. The second kappa shape index (κ2) is 6.84. The maximum atomic E-state index is 12.4. The van der Waals surface area contributed by atoms with Crippen molar-refractivity contribution in [3.8, 4) is 0 Å². The van der Waals surface area contributed by atoms with Gasteiger partial charge in [0.1, 0.15) is 6.10 Å². The summed E-state index contributed by atoms with van der Waals surface area (Å²) in [5, 5.41) is 3.52. The Labute approximate surface area is 144 Å². The second-order valence-corrected chi connectivity index (χ2v) is 8.50. The lowest BCUT2D eigenvalue weighted by atomic mass is 9.78. The maximum absolute atomic E-state index is 12.4. The first-order valence-corrected chi connectivity index (χ1v) is 8.87. The molecule has 2 rings (SSSR count). The average Bonchev–Trinajstić information content (AvgIpc) is 2.97. The molecule has 0 aromatic heterocycles. The van der Waals surface area contributed by atoms with E-state index in [9.17, 15) is 9.59 Å². The lowest BCUT2D eigenvalue weighted by Gasteiger charge is -2.38. The van der Waals surface area contributed by atoms with Gasteiger partial charge in [-0.15, -0.1) is 0 Å². The van der Waals surface area contributed by atoms with E-state index in [1.807, 2.05) is 20.8 Å². The van der Waals surface area contributed by atoms with Crippen molar-refractivity contribution in [1.29, 1.82) is 0 Å². The topological polar surface area (TPSA) is 55.4 Å². The lowest BCUT2D eigenvalue weighted by molar-refractivity contribution is -0.154. The molecule has 23 heavy (non-hydrogen) atoms. The van der Waals surface area contributed by atoms with E-state index in [4.69, 9.17) is 16.3 Å². The zero-order valence-corrected chi connectivity index (χ0v) is 15.2. The molecule has 130 valence electrons. The van der Waals surface area contributed by atoms with Crippen molar-refractivity contribution in [2.45, 2.75) is 77.9 Å². The number of rotatable bonds is 4. The number of amides is 1. The van der Waals surface area contributed by atoms with Gasteiger partial charge < -0.3 is 10.1 Å². The third-order valence-corrected chi connectivity index (χ3v) is 5.31. The Morgan fingerprint density at radius 3 is 2.43 bits per heavy atom. The van der Waals surface area contributed by atoms with Gasteiger partial charge >= 0.3 is 5.97 Å². The van der Waals surface area contributed by atoms with Crippen LogP contribution in [0.5, 0.6) is 0 Å². The Hall–Kier alpha value is -1.03. The molecule has 1 N–H and O–H groups in total. The molecule has 0 unspecified atom stereocenters. The van der Waals surface area contributed by atoms with Crippen LogP contribution in [0.2, 0.25) is 0 Å². The summed E-state index contributed by atoms with van der Waals surface area (Å²) in [6, 6.07) is 0.0914. The molecule has 1 spiro atoms. The third kappa shape index (κ3) is 4.09. The van der Waals surface area contributed by atoms with E-state index in [1.165, 1.54) is 0 Å². The van der Waals surface area contributed by atoms with Gasteiger partial charge in [-0.1, -0.05) is 45.4 Å². The molecular weight excluding hydrogens is 314 g/mol. The number of ether oxygens (including phenoxy) is 1. The van der Waals surface area contributed by atoms with Crippen molar-refractivity contribution in [2.75, 3.05) is 0 Å². The number of carbonyl (C=O) groups is 2. The van der Waals surface area contributed by atoms with Crippen LogP contribution in [0.25, 0.3) is 0 Å². The lowest BCUT2D eigenvalue weighted by Crippen LogP contribution is -2.51. The molecule has 0 bridgehead atoms. The molecule has 1 amide bonds. The minimum atomic E-state index is -0.412. The summed E-state index contributed by atoms with van der Waals surface area (Å²) < 4.78 is 5.72. The van der Waals surface area contributed by atoms with Crippen molar-refractivity contribution in [3.05, 3.63) is 11.6 Å². The molecule has 3 atom stereocenters. The van der Waals surface area contributed by atoms with Crippen LogP contribution in [-0.4, -0.2) is 24.0 Å². The standard InChI is InChI=1S/C18H28ClNO3/c1-12(19)11-15(21)23-14-8-6-10-18(14)9-5-7-13(18)20-16(22)17(2,3)4/h13-14H,1,5-11H2,2-4H3,(H,20,22)/t13-,14-,18-/m1/s1. The van der Waals surface area contributed by atoms with Gasteiger partial charge in [-0.3, -0.25) is 9.59 Å². The van der Waals surface area contributed by atoms with E-state index >= 15 is 0 Å². The predicted octanol–water partition coefficient (Wildman–Crippen LogP) is 3.93. The van der Waals surface area contributed by atoms with Gasteiger partial charge in [0.05, 0.1) is 6.42 Å². The molecule has 2 aliphatic rings. The predicted molar refractivity (Wildman–Crippen MR) is 91.0 cm³/mol. The molecule has 0 heterocycles. The van der Waals surface area contributed by atoms with E-state index in [0.29, 0.717) is 5.03 Å². The Morgan fingerprint density at radius 2 is 1.87 bits per heavy atom. The number of carbonyl (C=O) groups excluding carboxylic acids is 2. The largest absolute Gasteiger partial charge is 0.461 e. The molecule has 0 saturated heterocycles. The quantitative estimate of drug-likeness (QED) is 0.788. The summed E-state index contributed by atoms with van der Waals surface area (Å²) in [6.07, 6.45) is 5.84. The summed E-state index contributed by atoms with van der Waals surface area (Å²) in [7, 11) is 0. The summed E-state index contributed by atoms with van der Waals surface area (Å²) in [5.74, 6) is -0.251. The van der Waals surface area contributed by atoms with Crippen LogP contribution in [0, 0.1) is 10.8 Å². The van der Waals surface area contributed by atoms with E-state index in [1.54, 1.807) is 0 Å². The number of halogens is 1. The highest BCUT2D eigenvalue weighted by Crippen LogP contribution is 2.52. The van der Waals surface area contributed by atoms with Crippen LogP contribution >= 0.6 is 11.6 Å². The van der Waals surface area contributed by atoms with Crippen LogP contribution in [0.1, 0.15) is 65.7 Å². The highest BCUT2D eigenvalue weighted by atomic mass is 35.5. The summed E-state index contributed by atoms with van der Waals surface area (Å²) in [4.78, 5) is 24.4. The number of hydrogen-bond donors (Lipinski definition) is 1. The van der Waals surface area contributed by atoms with Crippen molar-refractivity contribution < 1.29 is 14.3 Å². The fourth-order valence-corrected chi connectivity index (χ4v) is 4.08. The van der Waals surface area contributed by atoms with E-state index in [-0.39, 0.29) is 35.9 Å². The first-order valence-electron chi connectivity index (χ1n) is 8.49. The molecule has 0 aliphatic heterocycles. The number of esters is 1. The molecule has 5 heteroatoms. The van der Waals surface area contributed by atoms with E-state index < -0.39 is 5.41 Å². The highest BCUT2D eigenvalue weighted by Gasteiger charge is 2.53. The minimum Gasteiger partial charge on any atom is -0.461 e. The van der Waals surface area contributed by atoms with Gasteiger partial charge in [0.25, 0.3) is 0 Å². The van der Waals surface area contributed by atoms with Crippen molar-refractivity contribution >= 4 is 23.5 Å². The number of hydrogen-bond acceptors (Lipinski definition) is 3. The molecular formula is C18H28ClNO3. The molecule has 0 aromatic rings. The van der Waals surface area contributed by atoms with Gasteiger partial charge in [0.15, 0.2) is 0 Å². The summed E-state index contributed by atoms with van der Waals surface area (Å²) in [6.45, 7) is 9.30. The molecule has 2 saturated carbocycles. The molecule has 0 aromatic carbocycles. The van der Waals surface area contributed by atoms with Crippen molar-refractivity contribution in [2.24, 2.45) is 10.8 Å². The second-order valence-electron chi connectivity index (χ2n) is 7.97. The van der Waals surface area contributed by atoms with Crippen LogP contribution in [-0.2, 0) is 14.3 Å². The SMILES string of the molecule is C=C(Cl)CC(=O)O[C@@H]1CCC[C@@]12CCC[C@H]2NC(=O)C(C)(C)C. The van der Waals surface area contributed by atoms with Gasteiger partial charge in [0.2, 0.25) is 5.91 Å². The first kappa shape index (κ1) is 18.3. The van der Waals surface area contributed by atoms with Crippen LogP contribution in [0.3, 0.4) is 0 Å². The highest BCUT2D eigenvalue weighted by molar-refractivity contribution is 6.30. The Bertz CT molecular complexity index is 493. The maximum Gasteiger partial charge on any atom is 0.311 e. The van der Waals surface area contributed by atoms with Gasteiger partial charge in [-0.05, 0) is 32.1 Å². The van der Waals surface area contributed by atoms with E-state index in [0.717, 1.165) is 38.5 Å². The molecule has 2 fully saturated rings. The first-order chi connectivity index (χ1) is 10.6. The van der Waals surface area contributed by atoms with Crippen molar-refractivity contribution in [3.63, 3.8) is 0 Å². The fourth-order valence-electron chi connectivity index (χ4n) is 3.97. The summed E-state index contributed by atoms with van der Waals surface area (Å²) >= 11 is 5.70. The average molecular weight is 342 g/mol. The van der Waals surface area contributed by atoms with Gasteiger partial charge in [-0.2, -0.15) is 0 Å². The Balaban J connectivity index is 2.09. The zero-order chi connectivity index (χ0) is 17.3. The third-order valence-electron chi connectivity index (χ3n) is 5.18. The fraction of sp³-hybridized carbons (Fsp3) is 0.778. The number of nitrogens with one attached hydrogen (secondary N) is 1. The molecule has 2 aliphatic carbocycles. The van der Waals surface area contributed by atoms with Crippen LogP contribution < -0.4 is 5.32 Å². The van der Waals surface area contributed by atoms with Crippen LogP contribution in [0.4, 0.5) is 0 Å². The Morgan fingerprint density at radius 1 is 1.26 bits per heavy atom. The van der Waals surface area contributed by atoms with E-state index in [2.05, 4.69) is 11.9 Å². The zero-order valence-electron chi connectivity index (χ0n) is 14.4. The molecule has 4 nitrogen and oxygen atoms in total. The smallest absolute Gasteiger partial charge is 0.311 e.